The highest BCUT2D eigenvalue weighted by Crippen LogP contribution is 2.58. The van der Waals surface area contributed by atoms with Gasteiger partial charge >= 0.3 is 0 Å². The second-order valence-corrected chi connectivity index (χ2v) is 7.63. The topological polar surface area (TPSA) is 75.7 Å². The van der Waals surface area contributed by atoms with Gasteiger partial charge in [-0.15, -0.1) is 0 Å². The van der Waals surface area contributed by atoms with Crippen molar-refractivity contribution in [3.05, 3.63) is 0 Å². The van der Waals surface area contributed by atoms with Gasteiger partial charge in [0.15, 0.2) is 0 Å². The summed E-state index contributed by atoms with van der Waals surface area (Å²) in [6.07, 6.45) is 1.44. The number of fused-ring (bicyclic) bond motifs is 2. The first-order chi connectivity index (χ1) is 10.1. The van der Waals surface area contributed by atoms with Crippen LogP contribution in [0.5, 0.6) is 0 Å². The Hall–Kier alpha value is -1.43. The van der Waals surface area contributed by atoms with Gasteiger partial charge in [0.2, 0.25) is 17.7 Å². The van der Waals surface area contributed by atoms with Gasteiger partial charge in [0, 0.05) is 36.9 Å². The highest BCUT2D eigenvalue weighted by atomic mass is 16.5. The lowest BCUT2D eigenvalue weighted by molar-refractivity contribution is -0.178. The Labute approximate surface area is 131 Å². The summed E-state index contributed by atoms with van der Waals surface area (Å²) in [6.45, 7) is 6.47. The number of nitrogens with one attached hydrogen (secondary N) is 1. The fourth-order valence-corrected chi connectivity index (χ4v) is 4.62. The van der Waals surface area contributed by atoms with Crippen LogP contribution in [0.25, 0.3) is 0 Å². The van der Waals surface area contributed by atoms with Gasteiger partial charge in [-0.05, 0) is 19.3 Å². The normalized spacial score (nSPS) is 38.1. The van der Waals surface area contributed by atoms with Crippen LogP contribution in [-0.2, 0) is 19.1 Å². The first kappa shape index (κ1) is 16.9. The van der Waals surface area contributed by atoms with Crippen molar-refractivity contribution in [3.8, 4) is 0 Å². The number of likely N-dealkylation sites (tertiary alicyclic amines) is 1. The Morgan fingerprint density at radius 1 is 1.14 bits per heavy atom. The van der Waals surface area contributed by atoms with E-state index >= 15 is 0 Å². The zero-order chi connectivity index (χ0) is 16.8. The van der Waals surface area contributed by atoms with Crippen LogP contribution in [0.3, 0.4) is 0 Å². The highest BCUT2D eigenvalue weighted by Gasteiger charge is 2.62. The van der Waals surface area contributed by atoms with Crippen molar-refractivity contribution in [1.29, 1.82) is 0 Å². The van der Waals surface area contributed by atoms with E-state index in [-0.39, 0.29) is 17.7 Å². The van der Waals surface area contributed by atoms with Crippen molar-refractivity contribution in [3.63, 3.8) is 0 Å². The summed E-state index contributed by atoms with van der Waals surface area (Å²) in [4.78, 5) is 38.9. The summed E-state index contributed by atoms with van der Waals surface area (Å²) >= 11 is 0. The van der Waals surface area contributed by atoms with Crippen LogP contribution in [0.15, 0.2) is 0 Å². The van der Waals surface area contributed by atoms with Gasteiger partial charge in [-0.2, -0.15) is 0 Å². The van der Waals surface area contributed by atoms with Gasteiger partial charge in [0.25, 0.3) is 0 Å². The number of rotatable bonds is 4. The molecular weight excluding hydrogens is 284 g/mol. The Morgan fingerprint density at radius 3 is 2.09 bits per heavy atom. The summed E-state index contributed by atoms with van der Waals surface area (Å²) in [5.41, 5.74) is -2.05. The van der Waals surface area contributed by atoms with Gasteiger partial charge in [0.1, 0.15) is 0 Å². The molecule has 2 unspecified atom stereocenters. The number of piperidine rings is 1. The van der Waals surface area contributed by atoms with E-state index in [2.05, 4.69) is 5.32 Å². The molecule has 1 heterocycles. The monoisotopic (exact) mass is 310 g/mol. The lowest BCUT2D eigenvalue weighted by atomic mass is 9.51. The molecule has 1 saturated carbocycles. The zero-order valence-electron chi connectivity index (χ0n) is 14.1. The predicted molar refractivity (Wildman–Crippen MR) is 80.8 cm³/mol. The molecule has 2 bridgehead atoms. The SMILES string of the molecule is COCCNC(=O)C1(C)CC2(C)CC(C)(C1)C(=O)N(C)C2=O. The molecule has 2 fully saturated rings. The largest absolute Gasteiger partial charge is 0.383 e. The van der Waals surface area contributed by atoms with Crippen molar-refractivity contribution < 1.29 is 19.1 Å². The zero-order valence-corrected chi connectivity index (χ0v) is 14.1. The lowest BCUT2D eigenvalue weighted by Gasteiger charge is -2.55. The molecule has 124 valence electrons. The average molecular weight is 310 g/mol. The third kappa shape index (κ3) is 2.53. The third-order valence-corrected chi connectivity index (χ3v) is 5.12. The van der Waals surface area contributed by atoms with E-state index in [1.807, 2.05) is 20.8 Å². The van der Waals surface area contributed by atoms with Crippen LogP contribution < -0.4 is 5.32 Å². The maximum Gasteiger partial charge on any atom is 0.234 e. The van der Waals surface area contributed by atoms with E-state index in [1.54, 1.807) is 14.2 Å². The van der Waals surface area contributed by atoms with E-state index in [1.165, 1.54) is 4.90 Å². The number of imide groups is 1. The Bertz CT molecular complexity index is 488. The number of amides is 3. The van der Waals surface area contributed by atoms with Gasteiger partial charge in [-0.3, -0.25) is 19.3 Å². The molecule has 3 amide bonds. The molecule has 6 nitrogen and oxygen atoms in total. The molecule has 2 atom stereocenters. The molecule has 0 aromatic heterocycles. The van der Waals surface area contributed by atoms with Crippen molar-refractivity contribution >= 4 is 17.7 Å². The fourth-order valence-electron chi connectivity index (χ4n) is 4.62. The number of nitrogens with zero attached hydrogens (tertiary/aromatic N) is 1. The first-order valence-electron chi connectivity index (χ1n) is 7.68. The minimum Gasteiger partial charge on any atom is -0.383 e. The molecule has 1 aliphatic heterocycles. The lowest BCUT2D eigenvalue weighted by Crippen LogP contribution is -2.64. The number of methoxy groups -OCH3 is 1. The van der Waals surface area contributed by atoms with Crippen molar-refractivity contribution in [2.45, 2.75) is 40.0 Å². The molecule has 0 radical (unpaired) electrons. The average Bonchev–Trinajstić information content (AvgIpc) is 2.42. The molecule has 2 aliphatic rings. The van der Waals surface area contributed by atoms with Crippen LogP contribution in [0, 0.1) is 16.2 Å². The molecule has 0 aromatic carbocycles. The molecule has 6 heteroatoms. The van der Waals surface area contributed by atoms with E-state index in [0.29, 0.717) is 32.4 Å². The minimum absolute atomic E-state index is 0.105. The van der Waals surface area contributed by atoms with E-state index < -0.39 is 16.2 Å². The Balaban J connectivity index is 2.28. The second kappa shape index (κ2) is 5.33. The first-order valence-corrected chi connectivity index (χ1v) is 7.68. The maximum atomic E-state index is 12.6. The second-order valence-electron chi connectivity index (χ2n) is 7.63. The molecule has 2 rings (SSSR count). The highest BCUT2D eigenvalue weighted by molar-refractivity contribution is 6.04. The van der Waals surface area contributed by atoms with Gasteiger partial charge in [0.05, 0.1) is 6.61 Å². The molecule has 0 aromatic rings. The maximum absolute atomic E-state index is 12.6. The summed E-state index contributed by atoms with van der Waals surface area (Å²) in [6, 6.07) is 0. The fraction of sp³-hybridized carbons (Fsp3) is 0.812. The van der Waals surface area contributed by atoms with E-state index in [0.717, 1.165) is 0 Å². The van der Waals surface area contributed by atoms with Crippen LogP contribution in [0.4, 0.5) is 0 Å². The van der Waals surface area contributed by atoms with Gasteiger partial charge in [-0.25, -0.2) is 0 Å². The van der Waals surface area contributed by atoms with Crippen molar-refractivity contribution in [2.75, 3.05) is 27.3 Å². The number of ether oxygens (including phenoxy) is 1. The predicted octanol–water partition coefficient (Wildman–Crippen LogP) is 0.950. The van der Waals surface area contributed by atoms with E-state index in [4.69, 9.17) is 4.74 Å². The van der Waals surface area contributed by atoms with Crippen molar-refractivity contribution in [1.82, 2.24) is 10.2 Å². The Kier molecular flexibility index (Phi) is 4.11. The smallest absolute Gasteiger partial charge is 0.234 e. The quantitative estimate of drug-likeness (QED) is 0.619. The molecule has 1 N–H and O–H groups in total. The summed E-state index contributed by atoms with van der Waals surface area (Å²) in [5.74, 6) is -0.456. The molecule has 22 heavy (non-hydrogen) atoms. The molecule has 1 aliphatic carbocycles. The number of carbonyl (C=O) groups is 3. The molecular formula is C16H26N2O4. The van der Waals surface area contributed by atoms with Crippen molar-refractivity contribution in [2.24, 2.45) is 16.2 Å². The van der Waals surface area contributed by atoms with Crippen LogP contribution in [0.1, 0.15) is 40.0 Å². The Morgan fingerprint density at radius 2 is 1.64 bits per heavy atom. The van der Waals surface area contributed by atoms with Crippen LogP contribution >= 0.6 is 0 Å². The third-order valence-electron chi connectivity index (χ3n) is 5.12. The minimum atomic E-state index is -0.720. The molecule has 1 saturated heterocycles. The van der Waals surface area contributed by atoms with Crippen LogP contribution in [-0.4, -0.2) is 49.9 Å². The van der Waals surface area contributed by atoms with Crippen LogP contribution in [0.2, 0.25) is 0 Å². The standard InChI is InChI=1S/C16H26N2O4/c1-14(11(19)17-6-7-22-5)8-15(2)10-16(3,9-14)13(21)18(4)12(15)20/h6-10H2,1-5H3,(H,17,19). The number of hydrogen-bond donors (Lipinski definition) is 1. The molecule has 0 spiro atoms. The number of hydrogen-bond acceptors (Lipinski definition) is 4. The summed E-state index contributed by atoms with van der Waals surface area (Å²) < 4.78 is 4.95. The van der Waals surface area contributed by atoms with E-state index in [9.17, 15) is 14.4 Å². The van der Waals surface area contributed by atoms with Gasteiger partial charge < -0.3 is 10.1 Å². The summed E-state index contributed by atoms with van der Waals surface area (Å²) in [7, 11) is 3.12. The van der Waals surface area contributed by atoms with Gasteiger partial charge in [-0.1, -0.05) is 20.8 Å². The summed E-state index contributed by atoms with van der Waals surface area (Å²) in [5, 5.41) is 2.86. The number of carbonyl (C=O) groups excluding carboxylic acids is 3.